The fourth-order valence-corrected chi connectivity index (χ4v) is 4.68. The predicted octanol–water partition coefficient (Wildman–Crippen LogP) is 6.91. The van der Waals surface area contributed by atoms with Crippen LogP contribution >= 0.6 is 11.8 Å². The van der Waals surface area contributed by atoms with Gasteiger partial charge in [0.05, 0.1) is 5.25 Å². The zero-order chi connectivity index (χ0) is 23.2. The Morgan fingerprint density at radius 1 is 0.848 bits per heavy atom. The van der Waals surface area contributed by atoms with E-state index in [0.29, 0.717) is 17.7 Å². The first-order valence-corrected chi connectivity index (χ1v) is 11.8. The fraction of sp³-hybridized carbons (Fsp3) is 0.143. The molecule has 1 atom stereocenters. The second kappa shape index (κ2) is 10.4. The molecule has 5 heteroatoms. The molecular formula is C28H26N2O2S. The molecule has 0 saturated carbocycles. The summed E-state index contributed by atoms with van der Waals surface area (Å²) in [5, 5.41) is 7.91. The van der Waals surface area contributed by atoms with Gasteiger partial charge in [-0.15, -0.1) is 11.8 Å². The average molecular weight is 455 g/mol. The molecule has 2 amide bonds. The molecule has 166 valence electrons. The Labute approximate surface area is 198 Å². The van der Waals surface area contributed by atoms with Gasteiger partial charge in [0.2, 0.25) is 5.91 Å². The zero-order valence-corrected chi connectivity index (χ0v) is 19.5. The van der Waals surface area contributed by atoms with Gasteiger partial charge in [-0.2, -0.15) is 0 Å². The zero-order valence-electron chi connectivity index (χ0n) is 18.7. The van der Waals surface area contributed by atoms with Gasteiger partial charge in [0.25, 0.3) is 5.91 Å². The van der Waals surface area contributed by atoms with Crippen molar-refractivity contribution in [3.8, 4) is 0 Å². The molecule has 0 aromatic heterocycles. The SMILES string of the molecule is CCC(Sc1cccc(NC(=O)c2cccc(C)c2)c1)C(=O)Nc1cccc2ccccc12. The van der Waals surface area contributed by atoms with Crippen LogP contribution in [0.25, 0.3) is 10.8 Å². The van der Waals surface area contributed by atoms with Crippen LogP contribution in [-0.4, -0.2) is 17.1 Å². The van der Waals surface area contributed by atoms with E-state index in [4.69, 9.17) is 0 Å². The van der Waals surface area contributed by atoms with E-state index in [2.05, 4.69) is 10.6 Å². The Bertz CT molecular complexity index is 1300. The number of nitrogens with one attached hydrogen (secondary N) is 2. The van der Waals surface area contributed by atoms with E-state index in [1.807, 2.05) is 98.8 Å². The summed E-state index contributed by atoms with van der Waals surface area (Å²) in [6.45, 7) is 3.96. The van der Waals surface area contributed by atoms with Crippen molar-refractivity contribution in [3.63, 3.8) is 0 Å². The maximum atomic E-state index is 13.1. The molecule has 0 heterocycles. The van der Waals surface area contributed by atoms with Crippen molar-refractivity contribution in [1.29, 1.82) is 0 Å². The highest BCUT2D eigenvalue weighted by Crippen LogP contribution is 2.30. The van der Waals surface area contributed by atoms with Crippen LogP contribution in [0.4, 0.5) is 11.4 Å². The molecule has 0 bridgehead atoms. The molecule has 4 aromatic rings. The topological polar surface area (TPSA) is 58.2 Å². The summed E-state index contributed by atoms with van der Waals surface area (Å²) < 4.78 is 0. The van der Waals surface area contributed by atoms with Crippen LogP contribution in [-0.2, 0) is 4.79 Å². The van der Waals surface area contributed by atoms with Crippen LogP contribution in [0, 0.1) is 6.92 Å². The minimum absolute atomic E-state index is 0.0342. The normalized spacial score (nSPS) is 11.7. The molecule has 0 fully saturated rings. The van der Waals surface area contributed by atoms with E-state index >= 15 is 0 Å². The second-order valence-electron chi connectivity index (χ2n) is 7.88. The van der Waals surface area contributed by atoms with E-state index in [9.17, 15) is 9.59 Å². The number of benzene rings is 4. The first-order chi connectivity index (χ1) is 16.0. The largest absolute Gasteiger partial charge is 0.325 e. The van der Waals surface area contributed by atoms with E-state index < -0.39 is 0 Å². The van der Waals surface area contributed by atoms with Crippen molar-refractivity contribution in [3.05, 3.63) is 102 Å². The third kappa shape index (κ3) is 5.62. The Hall–Kier alpha value is -3.57. The molecule has 33 heavy (non-hydrogen) atoms. The monoisotopic (exact) mass is 454 g/mol. The number of aryl methyl sites for hydroxylation is 1. The third-order valence-electron chi connectivity index (χ3n) is 5.36. The first kappa shape index (κ1) is 22.6. The molecular weight excluding hydrogens is 428 g/mol. The number of rotatable bonds is 7. The van der Waals surface area contributed by atoms with Gasteiger partial charge in [-0.05, 0) is 55.1 Å². The smallest absolute Gasteiger partial charge is 0.255 e. The molecule has 0 aliphatic carbocycles. The van der Waals surface area contributed by atoms with Gasteiger partial charge in [0, 0.05) is 27.2 Å². The Balaban J connectivity index is 1.46. The third-order valence-corrected chi connectivity index (χ3v) is 6.72. The Kier molecular flexibility index (Phi) is 7.10. The van der Waals surface area contributed by atoms with E-state index in [0.717, 1.165) is 26.9 Å². The molecule has 0 saturated heterocycles. The number of thioether (sulfide) groups is 1. The summed E-state index contributed by atoms with van der Waals surface area (Å²) in [6, 6.07) is 29.0. The van der Waals surface area contributed by atoms with Crippen LogP contribution in [0.1, 0.15) is 29.3 Å². The highest BCUT2D eigenvalue weighted by atomic mass is 32.2. The lowest BCUT2D eigenvalue weighted by molar-refractivity contribution is -0.115. The summed E-state index contributed by atoms with van der Waals surface area (Å²) in [5.74, 6) is -0.186. The van der Waals surface area contributed by atoms with Gasteiger partial charge in [0.15, 0.2) is 0 Å². The number of carbonyl (C=O) groups excluding carboxylic acids is 2. The highest BCUT2D eigenvalue weighted by Gasteiger charge is 2.19. The molecule has 0 spiro atoms. The van der Waals surface area contributed by atoms with Gasteiger partial charge < -0.3 is 10.6 Å². The van der Waals surface area contributed by atoms with E-state index in [1.165, 1.54) is 11.8 Å². The van der Waals surface area contributed by atoms with Crippen LogP contribution in [0.3, 0.4) is 0 Å². The fourth-order valence-electron chi connectivity index (χ4n) is 3.67. The van der Waals surface area contributed by atoms with E-state index in [-0.39, 0.29) is 17.1 Å². The molecule has 4 rings (SSSR count). The molecule has 0 aliphatic heterocycles. The lowest BCUT2D eigenvalue weighted by atomic mass is 10.1. The van der Waals surface area contributed by atoms with Crippen molar-refractivity contribution in [1.82, 2.24) is 0 Å². The van der Waals surface area contributed by atoms with E-state index in [1.54, 1.807) is 6.07 Å². The Morgan fingerprint density at radius 3 is 2.42 bits per heavy atom. The standard InChI is InChI=1S/C28H26N2O2S/c1-3-26(28(32)30-25-16-7-11-20-10-4-5-15-24(20)25)33-23-14-8-13-22(18-23)29-27(31)21-12-6-9-19(2)17-21/h4-18,26H,3H2,1-2H3,(H,29,31)(H,30,32). The van der Waals surface area contributed by atoms with Gasteiger partial charge in [-0.25, -0.2) is 0 Å². The van der Waals surface area contributed by atoms with Crippen molar-refractivity contribution in [2.45, 2.75) is 30.4 Å². The first-order valence-electron chi connectivity index (χ1n) is 11.0. The number of hydrogen-bond acceptors (Lipinski definition) is 3. The highest BCUT2D eigenvalue weighted by molar-refractivity contribution is 8.00. The van der Waals surface area contributed by atoms with Crippen LogP contribution in [0.5, 0.6) is 0 Å². The van der Waals surface area contributed by atoms with Crippen LogP contribution in [0.2, 0.25) is 0 Å². The number of anilines is 2. The molecule has 0 aliphatic rings. The number of carbonyl (C=O) groups is 2. The minimum atomic E-state index is -0.258. The maximum Gasteiger partial charge on any atom is 0.255 e. The van der Waals surface area contributed by atoms with Crippen molar-refractivity contribution in [2.24, 2.45) is 0 Å². The van der Waals surface area contributed by atoms with Gasteiger partial charge >= 0.3 is 0 Å². The summed E-state index contributed by atoms with van der Waals surface area (Å²) in [4.78, 5) is 26.6. The summed E-state index contributed by atoms with van der Waals surface area (Å²) in [6.07, 6.45) is 0.682. The maximum absolute atomic E-state index is 13.1. The van der Waals surface area contributed by atoms with Crippen molar-refractivity contribution < 1.29 is 9.59 Å². The van der Waals surface area contributed by atoms with Crippen molar-refractivity contribution >= 4 is 45.7 Å². The second-order valence-corrected chi connectivity index (χ2v) is 9.16. The van der Waals surface area contributed by atoms with Gasteiger partial charge in [-0.3, -0.25) is 9.59 Å². The number of amides is 2. The van der Waals surface area contributed by atoms with Crippen molar-refractivity contribution in [2.75, 3.05) is 10.6 Å². The minimum Gasteiger partial charge on any atom is -0.325 e. The van der Waals surface area contributed by atoms with Gasteiger partial charge in [-0.1, -0.05) is 67.1 Å². The lowest BCUT2D eigenvalue weighted by Gasteiger charge is -2.16. The molecule has 4 aromatic carbocycles. The summed E-state index contributed by atoms with van der Waals surface area (Å²) in [5.41, 5.74) is 3.18. The quantitative estimate of drug-likeness (QED) is 0.298. The predicted molar refractivity (Wildman–Crippen MR) is 138 cm³/mol. The number of hydrogen-bond donors (Lipinski definition) is 2. The molecule has 0 radical (unpaired) electrons. The molecule has 2 N–H and O–H groups in total. The summed E-state index contributed by atoms with van der Waals surface area (Å²) >= 11 is 1.50. The number of fused-ring (bicyclic) bond motifs is 1. The Morgan fingerprint density at radius 2 is 1.61 bits per heavy atom. The van der Waals surface area contributed by atoms with Crippen LogP contribution in [0.15, 0.2) is 95.9 Å². The molecule has 4 nitrogen and oxygen atoms in total. The summed E-state index contributed by atoms with van der Waals surface area (Å²) in [7, 11) is 0. The lowest BCUT2D eigenvalue weighted by Crippen LogP contribution is -2.24. The average Bonchev–Trinajstić information content (AvgIpc) is 2.83. The van der Waals surface area contributed by atoms with Crippen LogP contribution < -0.4 is 10.6 Å². The van der Waals surface area contributed by atoms with Gasteiger partial charge in [0.1, 0.15) is 0 Å². The molecule has 1 unspecified atom stereocenters.